The van der Waals surface area contributed by atoms with Crippen molar-refractivity contribution in [2.45, 2.75) is 19.9 Å². The topological polar surface area (TPSA) is 44.3 Å². The summed E-state index contributed by atoms with van der Waals surface area (Å²) in [6.45, 7) is 5.85. The Morgan fingerprint density at radius 2 is 1.87 bits per heavy atom. The summed E-state index contributed by atoms with van der Waals surface area (Å²) in [6.07, 6.45) is 2.90. The zero-order valence-electron chi connectivity index (χ0n) is 14.4. The van der Waals surface area contributed by atoms with Crippen molar-refractivity contribution >= 4 is 11.8 Å². The lowest BCUT2D eigenvalue weighted by molar-refractivity contribution is 0.405. The normalized spacial score (nSPS) is 10.8. The minimum absolute atomic E-state index is 0.702. The van der Waals surface area contributed by atoms with Crippen LogP contribution < -0.4 is 10.2 Å². The van der Waals surface area contributed by atoms with Gasteiger partial charge in [0.05, 0.1) is 0 Å². The van der Waals surface area contributed by atoms with Crippen molar-refractivity contribution in [2.75, 3.05) is 43.9 Å². The molecule has 0 unspecified atom stereocenters. The molecule has 0 bridgehead atoms. The van der Waals surface area contributed by atoms with Crippen LogP contribution in [0.3, 0.4) is 0 Å². The molecule has 0 atom stereocenters. The fourth-order valence-electron chi connectivity index (χ4n) is 2.36. The van der Waals surface area contributed by atoms with Crippen LogP contribution in [0, 0.1) is 0 Å². The number of hydrogen-bond acceptors (Lipinski definition) is 5. The van der Waals surface area contributed by atoms with Gasteiger partial charge in [-0.1, -0.05) is 30.3 Å². The van der Waals surface area contributed by atoms with Gasteiger partial charge in [0.1, 0.15) is 5.82 Å². The smallest absolute Gasteiger partial charge is 0.224 e. The van der Waals surface area contributed by atoms with Gasteiger partial charge in [-0.25, -0.2) is 4.98 Å². The van der Waals surface area contributed by atoms with Crippen LogP contribution in [-0.4, -0.2) is 48.6 Å². The first-order valence-electron chi connectivity index (χ1n) is 8.19. The van der Waals surface area contributed by atoms with E-state index in [9.17, 15) is 0 Å². The van der Waals surface area contributed by atoms with Gasteiger partial charge in [-0.15, -0.1) is 0 Å². The Kier molecular flexibility index (Phi) is 6.81. The fraction of sp³-hybridized carbons (Fsp3) is 0.444. The zero-order valence-corrected chi connectivity index (χ0v) is 14.4. The first-order chi connectivity index (χ1) is 11.2. The highest BCUT2D eigenvalue weighted by Crippen LogP contribution is 2.15. The van der Waals surface area contributed by atoms with Gasteiger partial charge in [-0.3, -0.25) is 0 Å². The van der Waals surface area contributed by atoms with Crippen LogP contribution in [0.5, 0.6) is 0 Å². The molecule has 2 rings (SSSR count). The molecule has 5 heteroatoms. The average molecular weight is 313 g/mol. The highest BCUT2D eigenvalue weighted by atomic mass is 15.2. The highest BCUT2D eigenvalue weighted by Gasteiger charge is 2.08. The predicted molar refractivity (Wildman–Crippen MR) is 96.9 cm³/mol. The second kappa shape index (κ2) is 9.10. The van der Waals surface area contributed by atoms with Gasteiger partial charge < -0.3 is 15.1 Å². The number of anilines is 2. The molecular weight excluding hydrogens is 286 g/mol. The Morgan fingerprint density at radius 3 is 2.57 bits per heavy atom. The second-order valence-electron chi connectivity index (χ2n) is 5.82. The van der Waals surface area contributed by atoms with Crippen molar-refractivity contribution in [1.29, 1.82) is 0 Å². The van der Waals surface area contributed by atoms with E-state index < -0.39 is 0 Å². The third kappa shape index (κ3) is 5.87. The van der Waals surface area contributed by atoms with Gasteiger partial charge in [-0.05, 0) is 45.6 Å². The third-order valence-electron chi connectivity index (χ3n) is 3.63. The number of hydrogen-bond donors (Lipinski definition) is 1. The van der Waals surface area contributed by atoms with E-state index in [1.165, 1.54) is 5.56 Å². The van der Waals surface area contributed by atoms with E-state index in [1.54, 1.807) is 0 Å². The number of aromatic nitrogens is 2. The standard InChI is InChI=1S/C18H27N5/c1-4-23(15-16-9-6-5-7-10-16)17-11-13-20-18(21-17)19-12-8-14-22(2)3/h5-7,9-11,13H,4,8,12,14-15H2,1-3H3,(H,19,20,21). The Balaban J connectivity index is 1.96. The maximum absolute atomic E-state index is 4.65. The van der Waals surface area contributed by atoms with Gasteiger partial charge in [0, 0.05) is 25.8 Å². The maximum Gasteiger partial charge on any atom is 0.224 e. The van der Waals surface area contributed by atoms with Crippen molar-refractivity contribution in [3.8, 4) is 0 Å². The summed E-state index contributed by atoms with van der Waals surface area (Å²) in [5, 5.41) is 3.31. The van der Waals surface area contributed by atoms with Gasteiger partial charge in [0.25, 0.3) is 0 Å². The Morgan fingerprint density at radius 1 is 1.09 bits per heavy atom. The summed E-state index contributed by atoms with van der Waals surface area (Å²) in [4.78, 5) is 13.4. The molecule has 124 valence electrons. The molecule has 0 radical (unpaired) electrons. The molecule has 0 aliphatic heterocycles. The van der Waals surface area contributed by atoms with Crippen molar-refractivity contribution in [3.63, 3.8) is 0 Å². The molecule has 0 amide bonds. The largest absolute Gasteiger partial charge is 0.354 e. The van der Waals surface area contributed by atoms with Gasteiger partial charge in [0.15, 0.2) is 0 Å². The molecular formula is C18H27N5. The second-order valence-corrected chi connectivity index (χ2v) is 5.82. The first kappa shape index (κ1) is 17.2. The number of nitrogens with zero attached hydrogens (tertiary/aromatic N) is 4. The minimum atomic E-state index is 0.702. The molecule has 0 aliphatic carbocycles. The highest BCUT2D eigenvalue weighted by molar-refractivity contribution is 5.43. The van der Waals surface area contributed by atoms with Crippen molar-refractivity contribution < 1.29 is 0 Å². The van der Waals surface area contributed by atoms with E-state index in [-0.39, 0.29) is 0 Å². The van der Waals surface area contributed by atoms with E-state index in [2.05, 4.69) is 70.4 Å². The Hall–Kier alpha value is -2.14. The summed E-state index contributed by atoms with van der Waals surface area (Å²) < 4.78 is 0. The van der Waals surface area contributed by atoms with Crippen molar-refractivity contribution in [1.82, 2.24) is 14.9 Å². The summed E-state index contributed by atoms with van der Waals surface area (Å²) in [7, 11) is 4.17. The van der Waals surface area contributed by atoms with Crippen LogP contribution in [-0.2, 0) is 6.54 Å². The lowest BCUT2D eigenvalue weighted by Gasteiger charge is -2.22. The molecule has 0 saturated carbocycles. The van der Waals surface area contributed by atoms with Crippen molar-refractivity contribution in [2.24, 2.45) is 0 Å². The van der Waals surface area contributed by atoms with E-state index in [4.69, 9.17) is 0 Å². The molecule has 0 spiro atoms. The van der Waals surface area contributed by atoms with Crippen molar-refractivity contribution in [3.05, 3.63) is 48.2 Å². The average Bonchev–Trinajstić information content (AvgIpc) is 2.57. The van der Waals surface area contributed by atoms with Crippen LogP contribution in [0.25, 0.3) is 0 Å². The summed E-state index contributed by atoms with van der Waals surface area (Å²) in [6, 6.07) is 12.4. The molecule has 1 aromatic heterocycles. The minimum Gasteiger partial charge on any atom is -0.354 e. The van der Waals surface area contributed by atoms with Crippen LogP contribution in [0.2, 0.25) is 0 Å². The molecule has 0 fully saturated rings. The molecule has 1 heterocycles. The predicted octanol–water partition coefficient (Wildman–Crippen LogP) is 2.87. The van der Waals surface area contributed by atoms with E-state index in [0.29, 0.717) is 5.95 Å². The number of benzene rings is 1. The Bertz CT molecular complexity index is 571. The summed E-state index contributed by atoms with van der Waals surface area (Å²) in [5.41, 5.74) is 1.29. The third-order valence-corrected chi connectivity index (χ3v) is 3.63. The molecule has 1 aromatic carbocycles. The van der Waals surface area contributed by atoms with Crippen LogP contribution in [0.15, 0.2) is 42.6 Å². The first-order valence-corrected chi connectivity index (χ1v) is 8.19. The monoisotopic (exact) mass is 313 g/mol. The zero-order chi connectivity index (χ0) is 16.5. The SMILES string of the molecule is CCN(Cc1ccccc1)c1ccnc(NCCCN(C)C)n1. The number of rotatable bonds is 9. The van der Waals surface area contributed by atoms with Crippen LogP contribution in [0.4, 0.5) is 11.8 Å². The molecule has 1 N–H and O–H groups in total. The lowest BCUT2D eigenvalue weighted by atomic mass is 10.2. The van der Waals surface area contributed by atoms with Gasteiger partial charge >= 0.3 is 0 Å². The molecule has 0 aliphatic rings. The van der Waals surface area contributed by atoms with Gasteiger partial charge in [0.2, 0.25) is 5.95 Å². The van der Waals surface area contributed by atoms with Gasteiger partial charge in [-0.2, -0.15) is 4.98 Å². The summed E-state index contributed by atoms with van der Waals surface area (Å²) in [5.74, 6) is 1.66. The van der Waals surface area contributed by atoms with E-state index in [1.807, 2.05) is 18.3 Å². The molecule has 5 nitrogen and oxygen atoms in total. The van der Waals surface area contributed by atoms with Crippen LogP contribution >= 0.6 is 0 Å². The van der Waals surface area contributed by atoms with Crippen LogP contribution in [0.1, 0.15) is 18.9 Å². The molecule has 23 heavy (non-hydrogen) atoms. The quantitative estimate of drug-likeness (QED) is 0.721. The maximum atomic E-state index is 4.65. The Labute approximate surface area is 139 Å². The molecule has 0 saturated heterocycles. The number of nitrogens with one attached hydrogen (secondary N) is 1. The van der Waals surface area contributed by atoms with E-state index in [0.717, 1.165) is 38.4 Å². The fourth-order valence-corrected chi connectivity index (χ4v) is 2.36. The molecule has 2 aromatic rings. The summed E-state index contributed by atoms with van der Waals surface area (Å²) >= 11 is 0. The lowest BCUT2D eigenvalue weighted by Crippen LogP contribution is -2.23. The van der Waals surface area contributed by atoms with E-state index >= 15 is 0 Å².